The van der Waals surface area contributed by atoms with E-state index in [9.17, 15) is 23.3 Å². The minimum absolute atomic E-state index is 0. The minimum atomic E-state index is -3.76. The van der Waals surface area contributed by atoms with Crippen molar-refractivity contribution >= 4 is 66.4 Å². The number of carbonyl (C=O) groups excluding carboxylic acids is 1. The highest BCUT2D eigenvalue weighted by molar-refractivity contribution is 7.92. The Morgan fingerprint density at radius 3 is 2.49 bits per heavy atom. The number of nitrogens with one attached hydrogen (secondary N) is 2. The van der Waals surface area contributed by atoms with E-state index in [0.717, 1.165) is 47.1 Å². The number of aryl methyl sites for hydroxylation is 1. The van der Waals surface area contributed by atoms with Gasteiger partial charge in [-0.1, -0.05) is 35.1 Å². The van der Waals surface area contributed by atoms with Gasteiger partial charge in [0.2, 0.25) is 0 Å². The summed E-state index contributed by atoms with van der Waals surface area (Å²) < 4.78 is 28.7. The molecule has 41 heavy (non-hydrogen) atoms. The predicted octanol–water partition coefficient (Wildman–Crippen LogP) is 4.29. The molecule has 2 heterocycles. The molecule has 1 amide bonds. The van der Waals surface area contributed by atoms with Crippen molar-refractivity contribution in [1.29, 1.82) is 0 Å². The number of anilines is 2. The lowest BCUT2D eigenvalue weighted by Gasteiger charge is -2.34. The molecule has 1 saturated heterocycles. The van der Waals surface area contributed by atoms with E-state index in [1.165, 1.54) is 23.5 Å². The van der Waals surface area contributed by atoms with E-state index in [0.29, 0.717) is 24.3 Å². The van der Waals surface area contributed by atoms with Crippen LogP contribution in [-0.2, 0) is 10.0 Å². The summed E-state index contributed by atoms with van der Waals surface area (Å²) in [7, 11) is -3.76. The number of piperazine rings is 1. The number of non-ortho nitro benzene ring substituents is 1. The van der Waals surface area contributed by atoms with Gasteiger partial charge < -0.3 is 10.2 Å². The second-order valence-electron chi connectivity index (χ2n) is 9.49. The molecule has 3 aromatic carbocycles. The Balaban J connectivity index is 0.00000387. The van der Waals surface area contributed by atoms with E-state index in [1.54, 1.807) is 54.6 Å². The lowest BCUT2D eigenvalue weighted by atomic mass is 10.2. The van der Waals surface area contributed by atoms with E-state index in [1.807, 2.05) is 6.92 Å². The van der Waals surface area contributed by atoms with Crippen LogP contribution >= 0.6 is 23.7 Å². The molecule has 0 saturated carbocycles. The third kappa shape index (κ3) is 7.30. The number of carbonyl (C=O) groups is 1. The van der Waals surface area contributed by atoms with Gasteiger partial charge >= 0.3 is 0 Å². The van der Waals surface area contributed by atoms with Gasteiger partial charge in [-0.15, -0.1) is 12.4 Å². The Kier molecular flexibility index (Phi) is 9.43. The molecule has 0 radical (unpaired) electrons. The molecule has 0 aliphatic carbocycles. The largest absolute Gasteiger partial charge is 0.351 e. The third-order valence-electron chi connectivity index (χ3n) is 6.64. The zero-order valence-corrected chi connectivity index (χ0v) is 24.6. The fourth-order valence-corrected chi connectivity index (χ4v) is 6.50. The number of fused-ring (bicyclic) bond motifs is 1. The van der Waals surface area contributed by atoms with Crippen LogP contribution in [0.1, 0.15) is 15.9 Å². The summed E-state index contributed by atoms with van der Waals surface area (Å²) >= 11 is 1.45. The van der Waals surface area contributed by atoms with Gasteiger partial charge in [0.25, 0.3) is 21.6 Å². The molecule has 14 heteroatoms. The van der Waals surface area contributed by atoms with Crippen molar-refractivity contribution in [3.05, 3.63) is 88.0 Å². The number of thiazole rings is 1. The molecular weight excluding hydrogens is 588 g/mol. The summed E-state index contributed by atoms with van der Waals surface area (Å²) in [6.45, 7) is 6.12. The summed E-state index contributed by atoms with van der Waals surface area (Å²) in [5.41, 5.74) is 2.45. The van der Waals surface area contributed by atoms with Crippen LogP contribution in [0, 0.1) is 17.0 Å². The Hall–Kier alpha value is -3.78. The van der Waals surface area contributed by atoms with E-state index < -0.39 is 14.9 Å². The Morgan fingerprint density at radius 1 is 1.05 bits per heavy atom. The second kappa shape index (κ2) is 12.8. The molecule has 1 aromatic heterocycles. The zero-order valence-electron chi connectivity index (χ0n) is 22.1. The van der Waals surface area contributed by atoms with Gasteiger partial charge in [0.15, 0.2) is 5.13 Å². The number of nitrogens with zero attached hydrogens (tertiary/aromatic N) is 4. The molecule has 4 aromatic rings. The number of benzene rings is 3. The molecule has 0 bridgehead atoms. The first kappa shape index (κ1) is 30.2. The maximum absolute atomic E-state index is 12.7. The summed E-state index contributed by atoms with van der Waals surface area (Å²) in [5, 5.41) is 14.8. The summed E-state index contributed by atoms with van der Waals surface area (Å²) in [6.07, 6.45) is 0. The van der Waals surface area contributed by atoms with Crippen molar-refractivity contribution in [3.63, 3.8) is 0 Å². The first-order valence-corrected chi connectivity index (χ1v) is 15.0. The molecular formula is C27H29ClN6O5S2. The van der Waals surface area contributed by atoms with Crippen LogP contribution in [0.4, 0.5) is 16.5 Å². The van der Waals surface area contributed by atoms with Gasteiger partial charge in [-0.2, -0.15) is 0 Å². The number of hydrogen-bond donors (Lipinski definition) is 2. The molecule has 0 spiro atoms. The van der Waals surface area contributed by atoms with Crippen LogP contribution < -0.4 is 14.9 Å². The van der Waals surface area contributed by atoms with E-state index >= 15 is 0 Å². The number of halogens is 1. The van der Waals surface area contributed by atoms with Crippen LogP contribution in [-0.4, -0.2) is 68.4 Å². The van der Waals surface area contributed by atoms with E-state index in [4.69, 9.17) is 0 Å². The summed E-state index contributed by atoms with van der Waals surface area (Å²) in [4.78, 5) is 32.6. The van der Waals surface area contributed by atoms with Crippen molar-refractivity contribution < 1.29 is 18.1 Å². The van der Waals surface area contributed by atoms with E-state index in [-0.39, 0.29) is 28.9 Å². The standard InChI is InChI=1S/C27H28N6O5S2.ClH/c1-19-5-8-23(9-6-19)40(37,38)30-21-4-2-3-20(17-21)26(34)28-11-12-31-13-15-32(16-14-31)27-29-24-10-7-22(33(35)36)18-25(24)39-27;/h2-10,17-18,30H,11-16H2,1H3,(H,28,34);1H. The first-order valence-electron chi connectivity index (χ1n) is 12.7. The van der Waals surface area contributed by atoms with Crippen LogP contribution in [0.2, 0.25) is 0 Å². The molecule has 1 aliphatic rings. The number of aromatic nitrogens is 1. The SMILES string of the molecule is Cc1ccc(S(=O)(=O)Nc2cccc(C(=O)NCCN3CCN(c4nc5ccc([N+](=O)[O-])cc5s4)CC3)c2)cc1.Cl. The van der Waals surface area contributed by atoms with E-state index in [2.05, 4.69) is 24.8 Å². The Labute approximate surface area is 247 Å². The van der Waals surface area contributed by atoms with Crippen LogP contribution in [0.5, 0.6) is 0 Å². The molecule has 1 fully saturated rings. The first-order chi connectivity index (χ1) is 19.2. The van der Waals surface area contributed by atoms with Crippen LogP contribution in [0.15, 0.2) is 71.6 Å². The molecule has 0 atom stereocenters. The highest BCUT2D eigenvalue weighted by Gasteiger charge is 2.21. The number of nitro benzene ring substituents is 1. The average molecular weight is 617 g/mol. The van der Waals surface area contributed by atoms with Gasteiger partial charge in [0.05, 0.1) is 20.0 Å². The van der Waals surface area contributed by atoms with Crippen molar-refractivity contribution in [2.45, 2.75) is 11.8 Å². The fraction of sp³-hybridized carbons (Fsp3) is 0.259. The topological polar surface area (TPSA) is 138 Å². The quantitative estimate of drug-likeness (QED) is 0.210. The van der Waals surface area contributed by atoms with Gasteiger partial charge in [-0.05, 0) is 43.3 Å². The van der Waals surface area contributed by atoms with Crippen molar-refractivity contribution in [3.8, 4) is 0 Å². The summed E-state index contributed by atoms with van der Waals surface area (Å²) in [5.74, 6) is -0.279. The monoisotopic (exact) mass is 616 g/mol. The molecule has 11 nitrogen and oxygen atoms in total. The summed E-state index contributed by atoms with van der Waals surface area (Å²) in [6, 6.07) is 17.7. The van der Waals surface area contributed by atoms with Gasteiger partial charge in [0.1, 0.15) is 0 Å². The molecule has 5 rings (SSSR count). The zero-order chi connectivity index (χ0) is 28.3. The predicted molar refractivity (Wildman–Crippen MR) is 163 cm³/mol. The molecule has 0 unspecified atom stereocenters. The van der Waals surface area contributed by atoms with Gasteiger partial charge in [-0.3, -0.25) is 24.5 Å². The average Bonchev–Trinajstić information content (AvgIpc) is 3.37. The number of hydrogen-bond acceptors (Lipinski definition) is 9. The highest BCUT2D eigenvalue weighted by atomic mass is 35.5. The minimum Gasteiger partial charge on any atom is -0.351 e. The van der Waals surface area contributed by atoms with Gasteiger partial charge in [-0.25, -0.2) is 13.4 Å². The van der Waals surface area contributed by atoms with Crippen LogP contribution in [0.25, 0.3) is 10.2 Å². The third-order valence-corrected chi connectivity index (χ3v) is 9.11. The molecule has 2 N–H and O–H groups in total. The number of sulfonamides is 1. The maximum Gasteiger partial charge on any atom is 0.270 e. The number of rotatable bonds is 9. The lowest BCUT2D eigenvalue weighted by molar-refractivity contribution is -0.384. The maximum atomic E-state index is 12.7. The van der Waals surface area contributed by atoms with Gasteiger partial charge in [0, 0.05) is 62.7 Å². The Morgan fingerprint density at radius 2 is 1.78 bits per heavy atom. The smallest absolute Gasteiger partial charge is 0.270 e. The van der Waals surface area contributed by atoms with Crippen molar-refractivity contribution in [2.24, 2.45) is 0 Å². The lowest BCUT2D eigenvalue weighted by Crippen LogP contribution is -2.48. The highest BCUT2D eigenvalue weighted by Crippen LogP contribution is 2.31. The number of nitro groups is 1. The molecule has 1 aliphatic heterocycles. The molecule has 216 valence electrons. The Bertz CT molecular complexity index is 1650. The second-order valence-corrected chi connectivity index (χ2v) is 12.2. The number of amides is 1. The van der Waals surface area contributed by atoms with Crippen molar-refractivity contribution in [2.75, 3.05) is 48.9 Å². The fourth-order valence-electron chi connectivity index (χ4n) is 4.40. The normalized spacial score (nSPS) is 13.9. The van der Waals surface area contributed by atoms with Crippen LogP contribution in [0.3, 0.4) is 0 Å². The van der Waals surface area contributed by atoms with Crippen molar-refractivity contribution in [1.82, 2.24) is 15.2 Å².